The first kappa shape index (κ1) is 13.5. The molecule has 19 heavy (non-hydrogen) atoms. The lowest BCUT2D eigenvalue weighted by molar-refractivity contribution is 0.0999. The highest BCUT2D eigenvalue weighted by molar-refractivity contribution is 7.98. The minimum atomic E-state index is -0.388. The molecule has 0 aliphatic heterocycles. The van der Waals surface area contributed by atoms with E-state index in [9.17, 15) is 4.79 Å². The molecule has 4 N–H and O–H groups in total. The first-order valence-corrected chi connectivity index (χ1v) is 6.93. The molecule has 3 nitrogen and oxygen atoms in total. The second-order valence-corrected chi connectivity index (χ2v) is 5.30. The van der Waals surface area contributed by atoms with E-state index in [0.717, 1.165) is 21.7 Å². The van der Waals surface area contributed by atoms with E-state index in [1.54, 1.807) is 17.8 Å². The highest BCUT2D eigenvalue weighted by Gasteiger charge is 2.08. The van der Waals surface area contributed by atoms with Gasteiger partial charge in [0, 0.05) is 21.9 Å². The molecule has 0 unspecified atom stereocenters. The molecule has 0 aromatic heterocycles. The average molecular weight is 272 g/mol. The van der Waals surface area contributed by atoms with Crippen LogP contribution in [-0.4, -0.2) is 5.91 Å². The van der Waals surface area contributed by atoms with Crippen LogP contribution in [0.2, 0.25) is 0 Å². The molecule has 0 aliphatic carbocycles. The summed E-state index contributed by atoms with van der Waals surface area (Å²) in [5, 5.41) is 0. The van der Waals surface area contributed by atoms with Gasteiger partial charge in [0.25, 0.3) is 0 Å². The maximum Gasteiger partial charge on any atom is 0.249 e. The maximum atomic E-state index is 11.3. The fourth-order valence-electron chi connectivity index (χ4n) is 1.83. The van der Waals surface area contributed by atoms with Gasteiger partial charge in [0.15, 0.2) is 0 Å². The standard InChI is InChI=1S/C15H16N2OS/c1-10-13(16)7-4-8-14(10)19-9-11-5-2-3-6-12(11)15(17)18/h2-8H,9,16H2,1H3,(H2,17,18). The summed E-state index contributed by atoms with van der Waals surface area (Å²) in [5.74, 6) is 0.309. The summed E-state index contributed by atoms with van der Waals surface area (Å²) >= 11 is 1.66. The summed E-state index contributed by atoms with van der Waals surface area (Å²) in [6.45, 7) is 2.00. The minimum Gasteiger partial charge on any atom is -0.398 e. The van der Waals surface area contributed by atoms with Crippen molar-refractivity contribution in [2.75, 3.05) is 5.73 Å². The molecule has 0 radical (unpaired) electrons. The van der Waals surface area contributed by atoms with Gasteiger partial charge in [-0.05, 0) is 36.2 Å². The molecule has 0 bridgehead atoms. The Morgan fingerprint density at radius 2 is 1.89 bits per heavy atom. The lowest BCUT2D eigenvalue weighted by Gasteiger charge is -2.09. The number of rotatable bonds is 4. The first-order valence-electron chi connectivity index (χ1n) is 5.95. The quantitative estimate of drug-likeness (QED) is 0.664. The molecular formula is C15H16N2OS. The van der Waals surface area contributed by atoms with Crippen LogP contribution in [0.4, 0.5) is 5.69 Å². The Kier molecular flexibility index (Phi) is 4.12. The molecule has 0 saturated heterocycles. The molecule has 0 spiro atoms. The van der Waals surface area contributed by atoms with E-state index >= 15 is 0 Å². The number of anilines is 1. The predicted octanol–water partition coefficient (Wildman–Crippen LogP) is 2.97. The average Bonchev–Trinajstić information content (AvgIpc) is 2.40. The number of nitrogens with two attached hydrogens (primary N) is 2. The Hall–Kier alpha value is -1.94. The second-order valence-electron chi connectivity index (χ2n) is 4.28. The number of benzene rings is 2. The van der Waals surface area contributed by atoms with Crippen molar-refractivity contribution < 1.29 is 4.79 Å². The van der Waals surface area contributed by atoms with E-state index in [1.807, 2.05) is 43.3 Å². The number of nitrogen functional groups attached to an aromatic ring is 1. The van der Waals surface area contributed by atoms with Crippen LogP contribution < -0.4 is 11.5 Å². The number of thioether (sulfide) groups is 1. The van der Waals surface area contributed by atoms with Crippen LogP contribution in [0.5, 0.6) is 0 Å². The van der Waals surface area contributed by atoms with Crippen molar-refractivity contribution in [2.24, 2.45) is 5.73 Å². The molecule has 2 aromatic rings. The van der Waals surface area contributed by atoms with Crippen LogP contribution in [0.25, 0.3) is 0 Å². The fourth-order valence-corrected chi connectivity index (χ4v) is 2.90. The Bertz CT molecular complexity index is 611. The third-order valence-corrected chi connectivity index (χ3v) is 4.20. The van der Waals surface area contributed by atoms with Gasteiger partial charge in [0.1, 0.15) is 0 Å². The van der Waals surface area contributed by atoms with E-state index in [1.165, 1.54) is 0 Å². The van der Waals surface area contributed by atoms with Crippen LogP contribution in [0.1, 0.15) is 21.5 Å². The van der Waals surface area contributed by atoms with Gasteiger partial charge in [-0.15, -0.1) is 11.8 Å². The van der Waals surface area contributed by atoms with Crippen LogP contribution in [0, 0.1) is 6.92 Å². The molecule has 0 heterocycles. The van der Waals surface area contributed by atoms with Crippen molar-refractivity contribution in [1.82, 2.24) is 0 Å². The zero-order valence-corrected chi connectivity index (χ0v) is 11.5. The number of carbonyl (C=O) groups is 1. The smallest absolute Gasteiger partial charge is 0.249 e. The highest BCUT2D eigenvalue weighted by Crippen LogP contribution is 2.29. The lowest BCUT2D eigenvalue weighted by Crippen LogP contribution is -2.13. The Morgan fingerprint density at radius 1 is 1.16 bits per heavy atom. The maximum absolute atomic E-state index is 11.3. The summed E-state index contributed by atoms with van der Waals surface area (Å²) in [7, 11) is 0. The molecule has 0 fully saturated rings. The Balaban J connectivity index is 2.19. The van der Waals surface area contributed by atoms with Crippen molar-refractivity contribution in [3.05, 3.63) is 59.2 Å². The van der Waals surface area contributed by atoms with Crippen LogP contribution in [0.3, 0.4) is 0 Å². The topological polar surface area (TPSA) is 69.1 Å². The molecule has 0 atom stereocenters. The van der Waals surface area contributed by atoms with Gasteiger partial charge < -0.3 is 11.5 Å². The number of amides is 1. The van der Waals surface area contributed by atoms with Gasteiger partial charge in [0.2, 0.25) is 5.91 Å². The molecule has 0 saturated carbocycles. The van der Waals surface area contributed by atoms with E-state index in [2.05, 4.69) is 0 Å². The third kappa shape index (κ3) is 3.09. The van der Waals surface area contributed by atoms with Gasteiger partial charge in [-0.1, -0.05) is 24.3 Å². The van der Waals surface area contributed by atoms with Gasteiger partial charge in [-0.25, -0.2) is 0 Å². The van der Waals surface area contributed by atoms with Crippen molar-refractivity contribution >= 4 is 23.4 Å². The Morgan fingerprint density at radius 3 is 2.63 bits per heavy atom. The number of hydrogen-bond donors (Lipinski definition) is 2. The Labute approximate surface area is 117 Å². The van der Waals surface area contributed by atoms with Crippen LogP contribution >= 0.6 is 11.8 Å². The summed E-state index contributed by atoms with van der Waals surface area (Å²) in [4.78, 5) is 12.5. The van der Waals surface area contributed by atoms with E-state index < -0.39 is 0 Å². The monoisotopic (exact) mass is 272 g/mol. The molecule has 98 valence electrons. The van der Waals surface area contributed by atoms with Crippen molar-refractivity contribution in [3.8, 4) is 0 Å². The molecule has 2 aromatic carbocycles. The molecule has 4 heteroatoms. The van der Waals surface area contributed by atoms with E-state index in [0.29, 0.717) is 11.3 Å². The summed E-state index contributed by atoms with van der Waals surface area (Å²) < 4.78 is 0. The number of primary amides is 1. The summed E-state index contributed by atoms with van der Waals surface area (Å²) in [5.41, 5.74) is 14.6. The number of carbonyl (C=O) groups excluding carboxylic acids is 1. The SMILES string of the molecule is Cc1c(N)cccc1SCc1ccccc1C(N)=O. The van der Waals surface area contributed by atoms with Crippen LogP contribution in [-0.2, 0) is 5.75 Å². The minimum absolute atomic E-state index is 0.388. The van der Waals surface area contributed by atoms with Gasteiger partial charge in [-0.2, -0.15) is 0 Å². The molecule has 2 rings (SSSR count). The normalized spacial score (nSPS) is 10.4. The first-order chi connectivity index (χ1) is 9.09. The van der Waals surface area contributed by atoms with Gasteiger partial charge >= 0.3 is 0 Å². The van der Waals surface area contributed by atoms with Crippen molar-refractivity contribution in [1.29, 1.82) is 0 Å². The molecular weight excluding hydrogens is 256 g/mol. The van der Waals surface area contributed by atoms with Gasteiger partial charge in [-0.3, -0.25) is 4.79 Å². The summed E-state index contributed by atoms with van der Waals surface area (Å²) in [6, 6.07) is 13.3. The molecule has 1 amide bonds. The largest absolute Gasteiger partial charge is 0.398 e. The lowest BCUT2D eigenvalue weighted by atomic mass is 10.1. The zero-order valence-electron chi connectivity index (χ0n) is 10.7. The number of hydrogen-bond acceptors (Lipinski definition) is 3. The molecule has 0 aliphatic rings. The predicted molar refractivity (Wildman–Crippen MR) is 80.1 cm³/mol. The summed E-state index contributed by atoms with van der Waals surface area (Å²) in [6.07, 6.45) is 0. The third-order valence-electron chi connectivity index (χ3n) is 2.99. The van der Waals surface area contributed by atoms with Gasteiger partial charge in [0.05, 0.1) is 0 Å². The highest BCUT2D eigenvalue weighted by atomic mass is 32.2. The second kappa shape index (κ2) is 5.80. The van der Waals surface area contributed by atoms with Crippen LogP contribution in [0.15, 0.2) is 47.4 Å². The van der Waals surface area contributed by atoms with Crippen molar-refractivity contribution in [3.63, 3.8) is 0 Å². The zero-order chi connectivity index (χ0) is 13.8. The van der Waals surface area contributed by atoms with E-state index in [4.69, 9.17) is 11.5 Å². The van der Waals surface area contributed by atoms with E-state index in [-0.39, 0.29) is 5.91 Å². The fraction of sp³-hybridized carbons (Fsp3) is 0.133. The van der Waals surface area contributed by atoms with Crippen molar-refractivity contribution in [2.45, 2.75) is 17.6 Å².